The number of nitrogens with zero attached hydrogens (tertiary/aromatic N) is 2. The first-order valence-corrected chi connectivity index (χ1v) is 6.66. The van der Waals surface area contributed by atoms with Crippen LogP contribution in [-0.2, 0) is 0 Å². The number of hydrogen-bond acceptors (Lipinski definition) is 4. The van der Waals surface area contributed by atoms with Crippen LogP contribution in [-0.4, -0.2) is 11.5 Å². The summed E-state index contributed by atoms with van der Waals surface area (Å²) in [6.07, 6.45) is 2.77. The maximum Gasteiger partial charge on any atom is 0.143 e. The Balaban J connectivity index is 2.44. The third kappa shape index (κ3) is 2.89. The first-order valence-electron chi connectivity index (χ1n) is 6.66. The monoisotopic (exact) mass is 266 g/mol. The van der Waals surface area contributed by atoms with E-state index in [1.165, 1.54) is 0 Å². The van der Waals surface area contributed by atoms with Crippen LogP contribution in [0.4, 0.5) is 11.5 Å². The Kier molecular flexibility index (Phi) is 4.21. The number of anilines is 2. The van der Waals surface area contributed by atoms with Crippen LogP contribution in [0, 0.1) is 18.3 Å². The number of hydrogen-bond donors (Lipinski definition) is 2. The van der Waals surface area contributed by atoms with E-state index < -0.39 is 0 Å². The van der Waals surface area contributed by atoms with E-state index in [4.69, 9.17) is 5.73 Å². The van der Waals surface area contributed by atoms with Gasteiger partial charge in [0.25, 0.3) is 0 Å². The van der Waals surface area contributed by atoms with Gasteiger partial charge in [-0.05, 0) is 42.7 Å². The van der Waals surface area contributed by atoms with Crippen molar-refractivity contribution in [1.82, 2.24) is 4.98 Å². The SMILES string of the molecule is CCCNc1ncc(-c2cc(N)ccc2C)cc1C#N. The number of nitrogen functional groups attached to an aromatic ring is 1. The summed E-state index contributed by atoms with van der Waals surface area (Å²) in [6.45, 7) is 4.89. The molecule has 2 aromatic rings. The maximum absolute atomic E-state index is 9.26. The van der Waals surface area contributed by atoms with Gasteiger partial charge in [0.05, 0.1) is 5.56 Å². The number of nitrogens with one attached hydrogen (secondary N) is 1. The van der Waals surface area contributed by atoms with Gasteiger partial charge in [0.2, 0.25) is 0 Å². The van der Waals surface area contributed by atoms with Crippen LogP contribution in [0.1, 0.15) is 24.5 Å². The molecule has 0 spiro atoms. The van der Waals surface area contributed by atoms with Gasteiger partial charge in [0.1, 0.15) is 11.9 Å². The van der Waals surface area contributed by atoms with Crippen molar-refractivity contribution >= 4 is 11.5 Å². The molecule has 20 heavy (non-hydrogen) atoms. The van der Waals surface area contributed by atoms with Crippen LogP contribution in [0.25, 0.3) is 11.1 Å². The second-order valence-electron chi connectivity index (χ2n) is 4.73. The molecule has 1 aromatic heterocycles. The molecule has 102 valence electrons. The minimum absolute atomic E-state index is 0.553. The Labute approximate surface area is 119 Å². The van der Waals surface area contributed by atoms with Crippen molar-refractivity contribution in [2.45, 2.75) is 20.3 Å². The lowest BCUT2D eigenvalue weighted by Crippen LogP contribution is -2.04. The zero-order valence-corrected chi connectivity index (χ0v) is 11.8. The van der Waals surface area contributed by atoms with E-state index in [9.17, 15) is 5.26 Å². The molecule has 0 aliphatic carbocycles. The summed E-state index contributed by atoms with van der Waals surface area (Å²) in [7, 11) is 0. The molecule has 0 atom stereocenters. The predicted octanol–water partition coefficient (Wildman–Crippen LogP) is 3.33. The van der Waals surface area contributed by atoms with E-state index in [1.54, 1.807) is 6.20 Å². The molecule has 2 rings (SSSR count). The number of benzene rings is 1. The van der Waals surface area contributed by atoms with Crippen LogP contribution in [0.5, 0.6) is 0 Å². The highest BCUT2D eigenvalue weighted by Crippen LogP contribution is 2.27. The summed E-state index contributed by atoms with van der Waals surface area (Å²) in [5.41, 5.74) is 10.1. The average molecular weight is 266 g/mol. The minimum Gasteiger partial charge on any atom is -0.399 e. The summed E-state index contributed by atoms with van der Waals surface area (Å²) < 4.78 is 0. The van der Waals surface area contributed by atoms with E-state index in [0.29, 0.717) is 17.1 Å². The van der Waals surface area contributed by atoms with Gasteiger partial charge in [0.15, 0.2) is 0 Å². The van der Waals surface area contributed by atoms with E-state index >= 15 is 0 Å². The van der Waals surface area contributed by atoms with E-state index in [-0.39, 0.29) is 0 Å². The quantitative estimate of drug-likeness (QED) is 0.832. The van der Waals surface area contributed by atoms with Crippen LogP contribution >= 0.6 is 0 Å². The van der Waals surface area contributed by atoms with Crippen molar-refractivity contribution in [3.63, 3.8) is 0 Å². The van der Waals surface area contributed by atoms with Gasteiger partial charge in [-0.2, -0.15) is 5.26 Å². The number of nitrogens with two attached hydrogens (primary N) is 1. The van der Waals surface area contributed by atoms with Gasteiger partial charge in [0, 0.05) is 24.0 Å². The predicted molar refractivity (Wildman–Crippen MR) is 82.3 cm³/mol. The molecule has 0 aliphatic heterocycles. The van der Waals surface area contributed by atoms with Crippen molar-refractivity contribution in [2.75, 3.05) is 17.6 Å². The molecule has 0 saturated carbocycles. The number of nitriles is 1. The molecular formula is C16H18N4. The number of rotatable bonds is 4. The third-order valence-corrected chi connectivity index (χ3v) is 3.12. The van der Waals surface area contributed by atoms with Gasteiger partial charge >= 0.3 is 0 Å². The number of aromatic nitrogens is 1. The summed E-state index contributed by atoms with van der Waals surface area (Å²) in [6, 6.07) is 9.80. The highest BCUT2D eigenvalue weighted by atomic mass is 15.0. The fraction of sp³-hybridized carbons (Fsp3) is 0.250. The molecule has 0 bridgehead atoms. The van der Waals surface area contributed by atoms with E-state index in [1.807, 2.05) is 31.2 Å². The van der Waals surface area contributed by atoms with Crippen molar-refractivity contribution < 1.29 is 0 Å². The molecule has 0 unspecified atom stereocenters. The van der Waals surface area contributed by atoms with Crippen LogP contribution in [0.3, 0.4) is 0 Å². The van der Waals surface area contributed by atoms with Crippen LogP contribution in [0.15, 0.2) is 30.5 Å². The molecule has 1 aromatic carbocycles. The second kappa shape index (κ2) is 6.07. The molecule has 0 saturated heterocycles. The van der Waals surface area contributed by atoms with Gasteiger partial charge in [-0.25, -0.2) is 4.98 Å². The second-order valence-corrected chi connectivity index (χ2v) is 4.73. The fourth-order valence-corrected chi connectivity index (χ4v) is 2.03. The van der Waals surface area contributed by atoms with Gasteiger partial charge in [-0.3, -0.25) is 0 Å². The molecule has 0 radical (unpaired) electrons. The summed E-state index contributed by atoms with van der Waals surface area (Å²) >= 11 is 0. The van der Waals surface area contributed by atoms with Crippen LogP contribution < -0.4 is 11.1 Å². The van der Waals surface area contributed by atoms with Crippen molar-refractivity contribution in [3.05, 3.63) is 41.6 Å². The zero-order chi connectivity index (χ0) is 14.5. The average Bonchev–Trinajstić information content (AvgIpc) is 2.47. The smallest absolute Gasteiger partial charge is 0.143 e. The lowest BCUT2D eigenvalue weighted by atomic mass is 10.00. The molecule has 1 heterocycles. The molecule has 3 N–H and O–H groups in total. The Morgan fingerprint density at radius 3 is 2.85 bits per heavy atom. The first-order chi connectivity index (χ1) is 9.65. The standard InChI is InChI=1S/C16H18N4/c1-3-6-19-16-12(9-17)7-13(10-20-16)15-8-14(18)5-4-11(15)2/h4-5,7-8,10H,3,6,18H2,1-2H3,(H,19,20). The number of pyridine rings is 1. The Morgan fingerprint density at radius 1 is 1.35 bits per heavy atom. The lowest BCUT2D eigenvalue weighted by molar-refractivity contribution is 0.968. The molecule has 0 amide bonds. The summed E-state index contributed by atoms with van der Waals surface area (Å²) in [4.78, 5) is 4.36. The third-order valence-electron chi connectivity index (χ3n) is 3.12. The lowest BCUT2D eigenvalue weighted by Gasteiger charge is -2.10. The molecule has 0 aliphatic rings. The molecule has 0 fully saturated rings. The summed E-state index contributed by atoms with van der Waals surface area (Å²) in [5.74, 6) is 0.639. The van der Waals surface area contributed by atoms with Crippen molar-refractivity contribution in [3.8, 4) is 17.2 Å². The molecule has 4 nitrogen and oxygen atoms in total. The van der Waals surface area contributed by atoms with E-state index in [0.717, 1.165) is 29.7 Å². The summed E-state index contributed by atoms with van der Waals surface area (Å²) in [5, 5.41) is 12.4. The normalized spacial score (nSPS) is 10.1. The highest BCUT2D eigenvalue weighted by Gasteiger charge is 2.08. The molecule has 4 heteroatoms. The van der Waals surface area contributed by atoms with Gasteiger partial charge in [-0.1, -0.05) is 13.0 Å². The fourth-order valence-electron chi connectivity index (χ4n) is 2.03. The highest BCUT2D eigenvalue weighted by molar-refractivity contribution is 5.73. The van der Waals surface area contributed by atoms with Crippen LogP contribution in [0.2, 0.25) is 0 Å². The van der Waals surface area contributed by atoms with E-state index in [2.05, 4.69) is 23.3 Å². The maximum atomic E-state index is 9.26. The largest absolute Gasteiger partial charge is 0.399 e. The first kappa shape index (κ1) is 13.9. The Hall–Kier alpha value is -2.54. The van der Waals surface area contributed by atoms with Crippen molar-refractivity contribution in [2.24, 2.45) is 0 Å². The van der Waals surface area contributed by atoms with Crippen molar-refractivity contribution in [1.29, 1.82) is 5.26 Å². The minimum atomic E-state index is 0.553. The van der Waals surface area contributed by atoms with Gasteiger partial charge in [-0.15, -0.1) is 0 Å². The zero-order valence-electron chi connectivity index (χ0n) is 11.8. The Bertz CT molecular complexity index is 656. The topological polar surface area (TPSA) is 74.7 Å². The van der Waals surface area contributed by atoms with Gasteiger partial charge < -0.3 is 11.1 Å². The number of aryl methyl sites for hydroxylation is 1. The molecular weight excluding hydrogens is 248 g/mol. The Morgan fingerprint density at radius 2 is 2.15 bits per heavy atom.